The van der Waals surface area contributed by atoms with E-state index in [2.05, 4.69) is 5.10 Å². The maximum atomic E-state index is 11.0. The van der Waals surface area contributed by atoms with E-state index in [0.717, 1.165) is 0 Å². The number of carboxylic acid groups (broad SMARTS) is 1. The Balaban J connectivity index is 2.51. The second kappa shape index (κ2) is 4.21. The van der Waals surface area contributed by atoms with Crippen LogP contribution in [0.2, 0.25) is 0 Å². The van der Waals surface area contributed by atoms with Crippen molar-refractivity contribution in [2.45, 2.75) is 0 Å². The molecular weight excluding hydrogens is 236 g/mol. The predicted octanol–water partition coefficient (Wildman–Crippen LogP) is 0.252. The van der Waals surface area contributed by atoms with Gasteiger partial charge in [-0.1, -0.05) is 6.07 Å². The van der Waals surface area contributed by atoms with Gasteiger partial charge in [-0.05, 0) is 18.2 Å². The number of carboxylic acids is 1. The molecule has 7 nitrogen and oxygen atoms in total. The van der Waals surface area contributed by atoms with Gasteiger partial charge in [0.2, 0.25) is 0 Å². The number of anilines is 1. The van der Waals surface area contributed by atoms with Crippen LogP contribution < -0.4 is 11.5 Å². The summed E-state index contributed by atoms with van der Waals surface area (Å²) in [6, 6.07) is 7.36. The van der Waals surface area contributed by atoms with E-state index >= 15 is 0 Å². The molecule has 1 aromatic carbocycles. The standard InChI is InChI=1S/C11H10N4O3/c12-9-5-8(10(13)16)14-15(9)7-3-1-2-6(4-7)11(17)18/h1-5H,12H2,(H2,13,16)(H,17,18). The van der Waals surface area contributed by atoms with Crippen LogP contribution in [-0.4, -0.2) is 26.8 Å². The van der Waals surface area contributed by atoms with E-state index < -0.39 is 11.9 Å². The first-order valence-corrected chi connectivity index (χ1v) is 4.98. The SMILES string of the molecule is NC(=O)c1cc(N)n(-c2cccc(C(=O)O)c2)n1. The Labute approximate surface area is 102 Å². The average Bonchev–Trinajstić information content (AvgIpc) is 2.72. The number of rotatable bonds is 3. The molecule has 0 aliphatic rings. The minimum Gasteiger partial charge on any atom is -0.478 e. The maximum absolute atomic E-state index is 11.0. The molecule has 1 heterocycles. The second-order valence-corrected chi connectivity index (χ2v) is 3.59. The lowest BCUT2D eigenvalue weighted by molar-refractivity contribution is 0.0696. The first-order chi connectivity index (χ1) is 8.49. The summed E-state index contributed by atoms with van der Waals surface area (Å²) in [5.41, 5.74) is 11.3. The normalized spacial score (nSPS) is 10.2. The Morgan fingerprint density at radius 3 is 2.56 bits per heavy atom. The second-order valence-electron chi connectivity index (χ2n) is 3.59. The topological polar surface area (TPSA) is 124 Å². The van der Waals surface area contributed by atoms with Crippen molar-refractivity contribution in [2.75, 3.05) is 5.73 Å². The maximum Gasteiger partial charge on any atom is 0.335 e. The number of hydrogen-bond acceptors (Lipinski definition) is 4. The Kier molecular flexibility index (Phi) is 2.72. The summed E-state index contributed by atoms with van der Waals surface area (Å²) in [6.07, 6.45) is 0. The molecular formula is C11H10N4O3. The zero-order valence-electron chi connectivity index (χ0n) is 9.20. The molecule has 0 atom stereocenters. The molecule has 5 N–H and O–H groups in total. The molecule has 0 saturated carbocycles. The highest BCUT2D eigenvalue weighted by molar-refractivity contribution is 5.91. The molecule has 2 rings (SSSR count). The van der Waals surface area contributed by atoms with E-state index in [4.69, 9.17) is 16.6 Å². The van der Waals surface area contributed by atoms with Crippen molar-refractivity contribution in [1.82, 2.24) is 9.78 Å². The molecule has 0 fully saturated rings. The lowest BCUT2D eigenvalue weighted by Gasteiger charge is -2.04. The van der Waals surface area contributed by atoms with Crippen molar-refractivity contribution >= 4 is 17.7 Å². The van der Waals surface area contributed by atoms with Gasteiger partial charge in [0.25, 0.3) is 5.91 Å². The molecule has 2 aromatic rings. The molecule has 0 unspecified atom stereocenters. The van der Waals surface area contributed by atoms with E-state index in [-0.39, 0.29) is 17.1 Å². The molecule has 0 bridgehead atoms. The third kappa shape index (κ3) is 2.01. The van der Waals surface area contributed by atoms with Gasteiger partial charge in [0, 0.05) is 6.07 Å². The number of primary amides is 1. The smallest absolute Gasteiger partial charge is 0.335 e. The van der Waals surface area contributed by atoms with Gasteiger partial charge in [0.15, 0.2) is 5.69 Å². The molecule has 0 spiro atoms. The summed E-state index contributed by atoms with van der Waals surface area (Å²) in [7, 11) is 0. The summed E-state index contributed by atoms with van der Waals surface area (Å²) >= 11 is 0. The lowest BCUT2D eigenvalue weighted by atomic mass is 10.2. The highest BCUT2D eigenvalue weighted by atomic mass is 16.4. The van der Waals surface area contributed by atoms with E-state index in [1.165, 1.54) is 22.9 Å². The monoisotopic (exact) mass is 246 g/mol. The number of amides is 1. The molecule has 92 valence electrons. The van der Waals surface area contributed by atoms with E-state index in [1.807, 2.05) is 0 Å². The van der Waals surface area contributed by atoms with Crippen LogP contribution in [0.3, 0.4) is 0 Å². The average molecular weight is 246 g/mol. The van der Waals surface area contributed by atoms with E-state index in [9.17, 15) is 9.59 Å². The number of aromatic carboxylic acids is 1. The van der Waals surface area contributed by atoms with Crippen molar-refractivity contribution in [1.29, 1.82) is 0 Å². The molecule has 0 aliphatic carbocycles. The molecule has 7 heteroatoms. The number of nitrogen functional groups attached to an aromatic ring is 1. The van der Waals surface area contributed by atoms with Crippen molar-refractivity contribution in [3.05, 3.63) is 41.6 Å². The number of benzene rings is 1. The minimum atomic E-state index is -1.06. The number of nitrogens with two attached hydrogens (primary N) is 2. The summed E-state index contributed by atoms with van der Waals surface area (Å²) in [4.78, 5) is 21.8. The van der Waals surface area contributed by atoms with Crippen LogP contribution in [0.25, 0.3) is 5.69 Å². The third-order valence-electron chi connectivity index (χ3n) is 2.33. The Morgan fingerprint density at radius 1 is 1.28 bits per heavy atom. The van der Waals surface area contributed by atoms with Crippen LogP contribution >= 0.6 is 0 Å². The Morgan fingerprint density at radius 2 is 2.00 bits per heavy atom. The molecule has 1 amide bonds. The van der Waals surface area contributed by atoms with Gasteiger partial charge in [-0.15, -0.1) is 0 Å². The lowest BCUT2D eigenvalue weighted by Crippen LogP contribution is -2.12. The zero-order valence-corrected chi connectivity index (χ0v) is 9.20. The Hall–Kier alpha value is -2.83. The van der Waals surface area contributed by atoms with Crippen molar-refractivity contribution in [3.8, 4) is 5.69 Å². The first kappa shape index (κ1) is 11.6. The number of nitrogens with zero attached hydrogens (tertiary/aromatic N) is 2. The van der Waals surface area contributed by atoms with Crippen LogP contribution in [0, 0.1) is 0 Å². The molecule has 18 heavy (non-hydrogen) atoms. The van der Waals surface area contributed by atoms with Crippen molar-refractivity contribution in [3.63, 3.8) is 0 Å². The summed E-state index contributed by atoms with van der Waals surface area (Å²) in [5.74, 6) is -1.56. The summed E-state index contributed by atoms with van der Waals surface area (Å²) in [5, 5.41) is 12.8. The molecule has 0 saturated heterocycles. The van der Waals surface area contributed by atoms with E-state index in [1.54, 1.807) is 12.1 Å². The largest absolute Gasteiger partial charge is 0.478 e. The first-order valence-electron chi connectivity index (χ1n) is 4.98. The third-order valence-corrected chi connectivity index (χ3v) is 2.33. The fourth-order valence-electron chi connectivity index (χ4n) is 1.49. The summed E-state index contributed by atoms with van der Waals surface area (Å²) < 4.78 is 1.26. The number of carbonyl (C=O) groups excluding carboxylic acids is 1. The van der Waals surface area contributed by atoms with Gasteiger partial charge in [-0.25, -0.2) is 9.48 Å². The summed E-state index contributed by atoms with van der Waals surface area (Å²) in [6.45, 7) is 0. The van der Waals surface area contributed by atoms with Gasteiger partial charge in [0.1, 0.15) is 5.82 Å². The zero-order chi connectivity index (χ0) is 13.3. The van der Waals surface area contributed by atoms with Crippen LogP contribution in [0.1, 0.15) is 20.8 Å². The minimum absolute atomic E-state index is 0.0215. The van der Waals surface area contributed by atoms with Crippen molar-refractivity contribution in [2.24, 2.45) is 5.73 Å². The molecule has 0 radical (unpaired) electrons. The number of aromatic nitrogens is 2. The molecule has 0 aliphatic heterocycles. The number of carbonyl (C=O) groups is 2. The van der Waals surface area contributed by atoms with Gasteiger partial charge >= 0.3 is 5.97 Å². The number of hydrogen-bond donors (Lipinski definition) is 3. The van der Waals surface area contributed by atoms with Gasteiger partial charge in [-0.3, -0.25) is 4.79 Å². The Bertz CT molecular complexity index is 633. The highest BCUT2D eigenvalue weighted by Crippen LogP contribution is 2.15. The highest BCUT2D eigenvalue weighted by Gasteiger charge is 2.12. The fraction of sp³-hybridized carbons (Fsp3) is 0. The predicted molar refractivity (Wildman–Crippen MR) is 63.5 cm³/mol. The van der Waals surface area contributed by atoms with Gasteiger partial charge < -0.3 is 16.6 Å². The quantitative estimate of drug-likeness (QED) is 0.716. The van der Waals surface area contributed by atoms with Gasteiger partial charge in [0.05, 0.1) is 11.3 Å². The molecule has 1 aromatic heterocycles. The van der Waals surface area contributed by atoms with E-state index in [0.29, 0.717) is 5.69 Å². The van der Waals surface area contributed by atoms with Crippen LogP contribution in [-0.2, 0) is 0 Å². The van der Waals surface area contributed by atoms with Gasteiger partial charge in [-0.2, -0.15) is 5.10 Å². The van der Waals surface area contributed by atoms with Crippen LogP contribution in [0.5, 0.6) is 0 Å². The van der Waals surface area contributed by atoms with Crippen LogP contribution in [0.15, 0.2) is 30.3 Å². The fourth-order valence-corrected chi connectivity index (χ4v) is 1.49. The van der Waals surface area contributed by atoms with Crippen LogP contribution in [0.4, 0.5) is 5.82 Å². The van der Waals surface area contributed by atoms with Crippen molar-refractivity contribution < 1.29 is 14.7 Å².